The van der Waals surface area contributed by atoms with Gasteiger partial charge < -0.3 is 25.0 Å². The molecule has 12 heteroatoms. The second-order valence-electron chi connectivity index (χ2n) is 7.36. The number of carbonyl (C=O) groups is 3. The van der Waals surface area contributed by atoms with Crippen LogP contribution in [0.15, 0.2) is 24.5 Å². The van der Waals surface area contributed by atoms with Crippen LogP contribution in [0.5, 0.6) is 5.88 Å². The van der Waals surface area contributed by atoms with E-state index in [0.717, 1.165) is 0 Å². The molecular formula is C21H23ClN6O5. The Morgan fingerprint density at radius 3 is 2.79 bits per heavy atom. The van der Waals surface area contributed by atoms with Gasteiger partial charge in [0.05, 0.1) is 30.3 Å². The molecule has 2 aromatic rings. The Balaban J connectivity index is 1.51. The molecular weight excluding hydrogens is 452 g/mol. The summed E-state index contributed by atoms with van der Waals surface area (Å²) in [6.45, 7) is 3.68. The zero-order valence-electron chi connectivity index (χ0n) is 18.0. The summed E-state index contributed by atoms with van der Waals surface area (Å²) >= 11 is 6.53. The van der Waals surface area contributed by atoms with E-state index in [-0.39, 0.29) is 55.4 Å². The summed E-state index contributed by atoms with van der Waals surface area (Å²) in [7, 11) is 0. The van der Waals surface area contributed by atoms with Crippen LogP contribution in [-0.2, 0) is 9.53 Å². The van der Waals surface area contributed by atoms with E-state index < -0.39 is 5.91 Å². The number of nitrogens with zero attached hydrogens (tertiary/aromatic N) is 5. The molecule has 0 radical (unpaired) electrons. The van der Waals surface area contributed by atoms with Gasteiger partial charge >= 0.3 is 12.0 Å². The SMILES string of the molecule is CCOC(=O)CCN1CCN(c2ccc(N3CCOc4ncnc(N)c4C3=O)cc2Cl)C1=O. The minimum Gasteiger partial charge on any atom is -0.475 e. The highest BCUT2D eigenvalue weighted by atomic mass is 35.5. The Labute approximate surface area is 195 Å². The predicted molar refractivity (Wildman–Crippen MR) is 121 cm³/mol. The van der Waals surface area contributed by atoms with Gasteiger partial charge in [-0.05, 0) is 25.1 Å². The third-order valence-electron chi connectivity index (χ3n) is 5.37. The summed E-state index contributed by atoms with van der Waals surface area (Å²) in [5, 5.41) is 0.309. The van der Waals surface area contributed by atoms with Gasteiger partial charge in [-0.1, -0.05) is 11.6 Å². The number of fused-ring (bicyclic) bond motifs is 1. The number of nitrogens with two attached hydrogens (primary N) is 1. The van der Waals surface area contributed by atoms with Crippen molar-refractivity contribution >= 4 is 46.7 Å². The van der Waals surface area contributed by atoms with Crippen LogP contribution in [-0.4, -0.2) is 72.2 Å². The van der Waals surface area contributed by atoms with Crippen LogP contribution < -0.4 is 20.3 Å². The molecule has 33 heavy (non-hydrogen) atoms. The number of ether oxygens (including phenoxy) is 2. The molecule has 1 saturated heterocycles. The van der Waals surface area contributed by atoms with E-state index in [1.165, 1.54) is 11.2 Å². The molecule has 11 nitrogen and oxygen atoms in total. The molecule has 0 bridgehead atoms. The topological polar surface area (TPSA) is 131 Å². The first-order valence-electron chi connectivity index (χ1n) is 10.5. The molecule has 0 saturated carbocycles. The number of rotatable bonds is 6. The first-order chi connectivity index (χ1) is 15.9. The largest absolute Gasteiger partial charge is 0.475 e. The highest BCUT2D eigenvalue weighted by Gasteiger charge is 2.32. The molecule has 0 spiro atoms. The number of nitrogen functional groups attached to an aromatic ring is 1. The zero-order chi connectivity index (χ0) is 23.5. The highest BCUT2D eigenvalue weighted by Crippen LogP contribution is 2.34. The number of carbonyl (C=O) groups excluding carboxylic acids is 3. The van der Waals surface area contributed by atoms with E-state index >= 15 is 0 Å². The van der Waals surface area contributed by atoms with Crippen LogP contribution in [0, 0.1) is 0 Å². The average molecular weight is 475 g/mol. The Morgan fingerprint density at radius 2 is 2.03 bits per heavy atom. The van der Waals surface area contributed by atoms with Crippen molar-refractivity contribution in [2.75, 3.05) is 54.9 Å². The smallest absolute Gasteiger partial charge is 0.324 e. The number of anilines is 3. The van der Waals surface area contributed by atoms with Gasteiger partial charge in [-0.2, -0.15) is 0 Å². The van der Waals surface area contributed by atoms with Crippen molar-refractivity contribution in [3.05, 3.63) is 35.1 Å². The predicted octanol–water partition coefficient (Wildman–Crippen LogP) is 1.95. The average Bonchev–Trinajstić information content (AvgIpc) is 3.05. The lowest BCUT2D eigenvalue weighted by atomic mass is 10.2. The first-order valence-corrected chi connectivity index (χ1v) is 10.8. The Kier molecular flexibility index (Phi) is 6.50. The van der Waals surface area contributed by atoms with Crippen molar-refractivity contribution in [2.24, 2.45) is 0 Å². The van der Waals surface area contributed by atoms with E-state index in [2.05, 4.69) is 9.97 Å². The van der Waals surface area contributed by atoms with Crippen LogP contribution >= 0.6 is 11.6 Å². The normalized spacial score (nSPS) is 15.9. The van der Waals surface area contributed by atoms with Gasteiger partial charge in [0.2, 0.25) is 5.88 Å². The number of hydrogen-bond acceptors (Lipinski definition) is 8. The van der Waals surface area contributed by atoms with Gasteiger partial charge in [0.1, 0.15) is 24.3 Å². The lowest BCUT2D eigenvalue weighted by Crippen LogP contribution is -2.34. The quantitative estimate of drug-likeness (QED) is 0.628. The molecule has 3 heterocycles. The molecule has 3 amide bonds. The Bertz CT molecular complexity index is 1100. The van der Waals surface area contributed by atoms with Gasteiger partial charge in [-0.25, -0.2) is 14.8 Å². The van der Waals surface area contributed by atoms with E-state index in [9.17, 15) is 14.4 Å². The second-order valence-corrected chi connectivity index (χ2v) is 7.76. The first kappa shape index (κ1) is 22.6. The summed E-state index contributed by atoms with van der Waals surface area (Å²) in [5.74, 6) is -0.565. The number of amides is 3. The maximum atomic E-state index is 13.1. The van der Waals surface area contributed by atoms with Gasteiger partial charge in [0.15, 0.2) is 0 Å². The fraction of sp³-hybridized carbons (Fsp3) is 0.381. The molecule has 2 aliphatic rings. The third kappa shape index (κ3) is 4.49. The molecule has 1 aromatic carbocycles. The van der Waals surface area contributed by atoms with Gasteiger partial charge in [0, 0.05) is 25.3 Å². The fourth-order valence-electron chi connectivity index (χ4n) is 3.76. The van der Waals surface area contributed by atoms with Crippen LogP contribution in [0.25, 0.3) is 0 Å². The third-order valence-corrected chi connectivity index (χ3v) is 5.68. The minimum absolute atomic E-state index is 0.0326. The van der Waals surface area contributed by atoms with E-state index in [1.54, 1.807) is 34.9 Å². The van der Waals surface area contributed by atoms with Crippen molar-refractivity contribution < 1.29 is 23.9 Å². The van der Waals surface area contributed by atoms with Gasteiger partial charge in [0.25, 0.3) is 5.91 Å². The molecule has 0 aliphatic carbocycles. The molecule has 174 valence electrons. The summed E-state index contributed by atoms with van der Waals surface area (Å²) < 4.78 is 10.5. The fourth-order valence-corrected chi connectivity index (χ4v) is 4.04. The molecule has 2 aliphatic heterocycles. The summed E-state index contributed by atoms with van der Waals surface area (Å²) in [6.07, 6.45) is 1.37. The lowest BCUT2D eigenvalue weighted by Gasteiger charge is -2.23. The highest BCUT2D eigenvalue weighted by molar-refractivity contribution is 6.34. The minimum atomic E-state index is -0.396. The maximum absolute atomic E-state index is 13.1. The van der Waals surface area contributed by atoms with Crippen molar-refractivity contribution in [1.29, 1.82) is 0 Å². The van der Waals surface area contributed by atoms with E-state index in [4.69, 9.17) is 26.8 Å². The maximum Gasteiger partial charge on any atom is 0.324 e. The van der Waals surface area contributed by atoms with Crippen molar-refractivity contribution in [3.8, 4) is 5.88 Å². The number of aromatic nitrogens is 2. The van der Waals surface area contributed by atoms with Gasteiger partial charge in [-0.3, -0.25) is 14.5 Å². The number of esters is 1. The van der Waals surface area contributed by atoms with Crippen molar-refractivity contribution in [3.63, 3.8) is 0 Å². The second kappa shape index (κ2) is 9.49. The Morgan fingerprint density at radius 1 is 1.21 bits per heavy atom. The van der Waals surface area contributed by atoms with Crippen LogP contribution in [0.2, 0.25) is 5.02 Å². The molecule has 0 atom stereocenters. The van der Waals surface area contributed by atoms with Crippen molar-refractivity contribution in [2.45, 2.75) is 13.3 Å². The van der Waals surface area contributed by atoms with Crippen LogP contribution in [0.3, 0.4) is 0 Å². The summed E-state index contributed by atoms with van der Waals surface area (Å²) in [4.78, 5) is 50.0. The van der Waals surface area contributed by atoms with Gasteiger partial charge in [-0.15, -0.1) is 0 Å². The molecule has 2 N–H and O–H groups in total. The monoisotopic (exact) mass is 474 g/mol. The summed E-state index contributed by atoms with van der Waals surface area (Å²) in [5.41, 5.74) is 7.03. The van der Waals surface area contributed by atoms with Crippen molar-refractivity contribution in [1.82, 2.24) is 14.9 Å². The number of benzene rings is 1. The number of urea groups is 1. The van der Waals surface area contributed by atoms with E-state index in [0.29, 0.717) is 36.1 Å². The van der Waals surface area contributed by atoms with Crippen LogP contribution in [0.4, 0.5) is 22.0 Å². The van der Waals surface area contributed by atoms with E-state index in [1.807, 2.05) is 0 Å². The number of halogens is 1. The molecule has 1 aromatic heterocycles. The molecule has 1 fully saturated rings. The molecule has 4 rings (SSSR count). The standard InChI is InChI=1S/C21H23ClN6O5/c1-2-32-16(29)5-6-26-7-8-28(21(26)31)15-4-3-13(11-14(15)22)27-9-10-33-19-17(20(27)30)18(23)24-12-25-19/h3-4,11-12H,2,5-10H2,1H3,(H2,23,24,25). The molecule has 0 unspecified atom stereocenters. The number of hydrogen-bond donors (Lipinski definition) is 1. The lowest BCUT2D eigenvalue weighted by molar-refractivity contribution is -0.143. The summed E-state index contributed by atoms with van der Waals surface area (Å²) in [6, 6.07) is 4.77. The Hall–Kier alpha value is -3.60. The van der Waals surface area contributed by atoms with Crippen LogP contribution in [0.1, 0.15) is 23.7 Å². The zero-order valence-corrected chi connectivity index (χ0v) is 18.7.